The Balaban J connectivity index is 1.03. The zero-order chi connectivity index (χ0) is 42.4. The van der Waals surface area contributed by atoms with Crippen LogP contribution in [0.2, 0.25) is 0 Å². The minimum atomic E-state index is -0.308. The van der Waals surface area contributed by atoms with Crippen LogP contribution in [-0.2, 0) is 5.41 Å². The number of para-hydroxylation sites is 1. The standard InChI is InChI=1S/C62H42N2/c1-62(47-23-9-4-10-24-47)56-29-13-11-27-50(56)52-39-55-54-38-46(32-34-60(54)64(61(55)40-57(52)62)49-26-16-22-44(36-49)42-19-7-3-8-20-42)45-31-33-59-53(37-45)51-28-12-14-30-58(51)63(59)48-25-15-21-43(35-48)41-17-5-2-6-18-41/h2-40H,1H3. The third kappa shape index (κ3) is 5.46. The Morgan fingerprint density at radius 1 is 0.281 bits per heavy atom. The van der Waals surface area contributed by atoms with Crippen molar-refractivity contribution < 1.29 is 0 Å². The molecule has 13 rings (SSSR count). The SMILES string of the molecule is CC1(c2ccccc2)c2ccccc2-c2cc3c4cc(-c5ccc6c(c5)c5ccccc5n6-c5cccc(-c6ccccc6)c5)ccc4n(-c4cccc(-c5ccccc5)c4)c3cc21. The highest BCUT2D eigenvalue weighted by Crippen LogP contribution is 2.54. The van der Waals surface area contributed by atoms with Gasteiger partial charge in [-0.3, -0.25) is 0 Å². The van der Waals surface area contributed by atoms with E-state index in [0.29, 0.717) is 0 Å². The van der Waals surface area contributed by atoms with Crippen LogP contribution in [0.1, 0.15) is 23.6 Å². The average Bonchev–Trinajstić information content (AvgIpc) is 3.97. The maximum Gasteiger partial charge on any atom is 0.0544 e. The third-order valence-corrected chi connectivity index (χ3v) is 14.0. The zero-order valence-corrected chi connectivity index (χ0v) is 35.4. The molecule has 1 atom stereocenters. The fourth-order valence-electron chi connectivity index (χ4n) is 10.9. The molecule has 0 N–H and O–H groups in total. The molecule has 0 radical (unpaired) electrons. The van der Waals surface area contributed by atoms with Crippen molar-refractivity contribution in [1.29, 1.82) is 0 Å². The van der Waals surface area contributed by atoms with Crippen LogP contribution < -0.4 is 0 Å². The number of rotatable bonds is 6. The number of benzene rings is 10. The number of hydrogen-bond donors (Lipinski definition) is 0. The van der Waals surface area contributed by atoms with Gasteiger partial charge in [0, 0.05) is 38.3 Å². The number of fused-ring (bicyclic) bond motifs is 9. The predicted octanol–water partition coefficient (Wildman–Crippen LogP) is 16.2. The van der Waals surface area contributed by atoms with Gasteiger partial charge in [-0.05, 0) is 135 Å². The Hall–Kier alpha value is -8.20. The molecule has 10 aromatic carbocycles. The quantitative estimate of drug-likeness (QED) is 0.158. The molecule has 0 spiro atoms. The molecule has 0 saturated heterocycles. The van der Waals surface area contributed by atoms with E-state index in [1.807, 2.05) is 0 Å². The zero-order valence-electron chi connectivity index (χ0n) is 35.4. The summed E-state index contributed by atoms with van der Waals surface area (Å²) in [6.07, 6.45) is 0. The van der Waals surface area contributed by atoms with Gasteiger partial charge in [0.2, 0.25) is 0 Å². The second kappa shape index (κ2) is 14.2. The van der Waals surface area contributed by atoms with Gasteiger partial charge < -0.3 is 9.13 Å². The summed E-state index contributed by atoms with van der Waals surface area (Å²) in [6.45, 7) is 2.41. The first kappa shape index (κ1) is 36.5. The van der Waals surface area contributed by atoms with Crippen molar-refractivity contribution in [3.05, 3.63) is 253 Å². The van der Waals surface area contributed by atoms with E-state index >= 15 is 0 Å². The lowest BCUT2D eigenvalue weighted by Crippen LogP contribution is -2.22. The van der Waals surface area contributed by atoms with Gasteiger partial charge in [-0.1, -0.05) is 170 Å². The second-order valence-electron chi connectivity index (χ2n) is 17.4. The molecule has 0 saturated carbocycles. The Kier molecular flexibility index (Phi) is 8.07. The van der Waals surface area contributed by atoms with Crippen molar-refractivity contribution in [1.82, 2.24) is 9.13 Å². The van der Waals surface area contributed by atoms with Crippen LogP contribution in [0.5, 0.6) is 0 Å². The van der Waals surface area contributed by atoms with Gasteiger partial charge in [-0.2, -0.15) is 0 Å². The van der Waals surface area contributed by atoms with E-state index in [0.717, 1.165) is 11.4 Å². The number of nitrogens with zero attached hydrogens (tertiary/aromatic N) is 2. The highest BCUT2D eigenvalue weighted by atomic mass is 15.0. The highest BCUT2D eigenvalue weighted by Gasteiger charge is 2.41. The average molecular weight is 815 g/mol. The molecule has 0 aliphatic heterocycles. The normalized spacial score (nSPS) is 14.4. The Bertz CT molecular complexity index is 3780. The topological polar surface area (TPSA) is 9.86 Å². The molecule has 2 aromatic heterocycles. The summed E-state index contributed by atoms with van der Waals surface area (Å²) in [4.78, 5) is 0. The molecule has 2 nitrogen and oxygen atoms in total. The van der Waals surface area contributed by atoms with Crippen molar-refractivity contribution in [2.45, 2.75) is 12.3 Å². The fraction of sp³-hybridized carbons (Fsp3) is 0.0323. The van der Waals surface area contributed by atoms with E-state index in [9.17, 15) is 0 Å². The molecule has 0 fully saturated rings. The minimum Gasteiger partial charge on any atom is -0.309 e. The predicted molar refractivity (Wildman–Crippen MR) is 269 cm³/mol. The van der Waals surface area contributed by atoms with Gasteiger partial charge in [-0.15, -0.1) is 0 Å². The smallest absolute Gasteiger partial charge is 0.0544 e. The molecule has 0 bridgehead atoms. The molecular formula is C62H42N2. The van der Waals surface area contributed by atoms with Gasteiger partial charge in [-0.25, -0.2) is 0 Å². The summed E-state index contributed by atoms with van der Waals surface area (Å²) in [5.41, 5.74) is 20.6. The molecule has 0 amide bonds. The van der Waals surface area contributed by atoms with Gasteiger partial charge >= 0.3 is 0 Å². The molecule has 12 aromatic rings. The van der Waals surface area contributed by atoms with E-state index in [-0.39, 0.29) is 5.41 Å². The van der Waals surface area contributed by atoms with Crippen molar-refractivity contribution in [2.24, 2.45) is 0 Å². The maximum atomic E-state index is 2.50. The van der Waals surface area contributed by atoms with Gasteiger partial charge in [0.15, 0.2) is 0 Å². The second-order valence-corrected chi connectivity index (χ2v) is 17.4. The first-order valence-corrected chi connectivity index (χ1v) is 22.3. The Morgan fingerprint density at radius 2 is 0.750 bits per heavy atom. The monoisotopic (exact) mass is 814 g/mol. The van der Waals surface area contributed by atoms with E-state index in [4.69, 9.17) is 0 Å². The van der Waals surface area contributed by atoms with Crippen LogP contribution in [0.3, 0.4) is 0 Å². The van der Waals surface area contributed by atoms with Gasteiger partial charge in [0.05, 0.1) is 22.1 Å². The molecule has 300 valence electrons. The van der Waals surface area contributed by atoms with Crippen LogP contribution in [0.25, 0.3) is 99.5 Å². The lowest BCUT2D eigenvalue weighted by Gasteiger charge is -2.28. The van der Waals surface area contributed by atoms with E-state index in [1.54, 1.807) is 0 Å². The lowest BCUT2D eigenvalue weighted by atomic mass is 9.74. The number of hydrogen-bond acceptors (Lipinski definition) is 0. The van der Waals surface area contributed by atoms with Crippen LogP contribution in [-0.4, -0.2) is 9.13 Å². The van der Waals surface area contributed by atoms with Crippen LogP contribution in [0.4, 0.5) is 0 Å². The molecule has 1 unspecified atom stereocenters. The van der Waals surface area contributed by atoms with Gasteiger partial charge in [0.25, 0.3) is 0 Å². The van der Waals surface area contributed by atoms with Crippen molar-refractivity contribution in [2.75, 3.05) is 0 Å². The van der Waals surface area contributed by atoms with Crippen molar-refractivity contribution >= 4 is 43.6 Å². The summed E-state index contributed by atoms with van der Waals surface area (Å²) in [5.74, 6) is 0. The summed E-state index contributed by atoms with van der Waals surface area (Å²) in [7, 11) is 0. The molecular weight excluding hydrogens is 773 g/mol. The minimum absolute atomic E-state index is 0.308. The molecule has 2 heteroatoms. The molecule has 1 aliphatic rings. The summed E-state index contributed by atoms with van der Waals surface area (Å²) >= 11 is 0. The molecule has 64 heavy (non-hydrogen) atoms. The van der Waals surface area contributed by atoms with Crippen molar-refractivity contribution in [3.63, 3.8) is 0 Å². The fourth-order valence-corrected chi connectivity index (χ4v) is 10.9. The first-order valence-electron chi connectivity index (χ1n) is 22.3. The molecule has 1 aliphatic carbocycles. The Morgan fingerprint density at radius 3 is 1.39 bits per heavy atom. The largest absolute Gasteiger partial charge is 0.309 e. The third-order valence-electron chi connectivity index (χ3n) is 14.0. The number of aromatic nitrogens is 2. The summed E-state index contributed by atoms with van der Waals surface area (Å²) < 4.78 is 4.92. The van der Waals surface area contributed by atoms with Crippen molar-refractivity contribution in [3.8, 4) is 55.9 Å². The van der Waals surface area contributed by atoms with E-state index in [1.165, 1.54) is 105 Å². The van der Waals surface area contributed by atoms with E-state index < -0.39 is 0 Å². The Labute approximate surface area is 372 Å². The summed E-state index contributed by atoms with van der Waals surface area (Å²) in [5, 5.41) is 4.99. The van der Waals surface area contributed by atoms with E-state index in [2.05, 4.69) is 253 Å². The molecule has 2 heterocycles. The van der Waals surface area contributed by atoms with Gasteiger partial charge in [0.1, 0.15) is 0 Å². The van der Waals surface area contributed by atoms with Crippen LogP contribution in [0, 0.1) is 0 Å². The first-order chi connectivity index (χ1) is 31.6. The van der Waals surface area contributed by atoms with Crippen LogP contribution >= 0.6 is 0 Å². The highest BCUT2D eigenvalue weighted by molar-refractivity contribution is 6.14. The lowest BCUT2D eigenvalue weighted by molar-refractivity contribution is 0.714. The maximum absolute atomic E-state index is 2.50. The van der Waals surface area contributed by atoms with Crippen LogP contribution in [0.15, 0.2) is 237 Å². The summed E-state index contributed by atoms with van der Waals surface area (Å²) in [6, 6.07) is 87.3.